The zero-order valence-electron chi connectivity index (χ0n) is 15.1. The minimum absolute atomic E-state index is 0.0618. The summed E-state index contributed by atoms with van der Waals surface area (Å²) in [5, 5.41) is 30.2. The molecule has 0 aliphatic heterocycles. The van der Waals surface area contributed by atoms with Crippen LogP contribution in [0.1, 0.15) is 39.2 Å². The molecule has 3 nitrogen and oxygen atoms in total. The van der Waals surface area contributed by atoms with Crippen LogP contribution < -0.4 is 0 Å². The molecule has 2 aromatic carbocycles. The highest BCUT2D eigenvalue weighted by molar-refractivity contribution is 5.70. The maximum atomic E-state index is 10.3. The lowest BCUT2D eigenvalue weighted by Gasteiger charge is -2.10. The molecule has 25 heavy (non-hydrogen) atoms. The van der Waals surface area contributed by atoms with Gasteiger partial charge in [0.1, 0.15) is 17.2 Å². The van der Waals surface area contributed by atoms with E-state index in [0.29, 0.717) is 17.5 Å². The first-order chi connectivity index (χ1) is 11.9. The Hall–Kier alpha value is -2.68. The summed E-state index contributed by atoms with van der Waals surface area (Å²) in [5.74, 6) is 0.272. The van der Waals surface area contributed by atoms with Crippen molar-refractivity contribution < 1.29 is 15.3 Å². The molecule has 0 saturated heterocycles. The van der Waals surface area contributed by atoms with Crippen molar-refractivity contribution in [3.8, 4) is 28.4 Å². The van der Waals surface area contributed by atoms with Gasteiger partial charge in [0, 0.05) is 5.56 Å². The van der Waals surface area contributed by atoms with Crippen LogP contribution in [0, 0.1) is 0 Å². The smallest absolute Gasteiger partial charge is 0.123 e. The monoisotopic (exact) mass is 338 g/mol. The number of phenols is 3. The summed E-state index contributed by atoms with van der Waals surface area (Å²) in [5.41, 5.74) is 4.47. The average Bonchev–Trinajstić information content (AvgIpc) is 2.53. The number of hydrogen-bond donors (Lipinski definition) is 3. The Bertz CT molecular complexity index is 774. The summed E-state index contributed by atoms with van der Waals surface area (Å²) < 4.78 is 0. The largest absolute Gasteiger partial charge is 0.508 e. The van der Waals surface area contributed by atoms with Crippen LogP contribution in [0.2, 0.25) is 0 Å². The SMILES string of the molecule is CC(C)=CCC/C(C)=C/Cc1c(O)cc(-c2cccc(O)c2)cc1O. The van der Waals surface area contributed by atoms with E-state index in [1.807, 2.05) is 12.1 Å². The molecule has 3 heteroatoms. The first kappa shape index (κ1) is 18.7. The summed E-state index contributed by atoms with van der Waals surface area (Å²) >= 11 is 0. The van der Waals surface area contributed by atoms with Gasteiger partial charge < -0.3 is 15.3 Å². The second-order valence-electron chi connectivity index (χ2n) is 6.62. The van der Waals surface area contributed by atoms with Crippen LogP contribution in [0.25, 0.3) is 11.1 Å². The zero-order valence-corrected chi connectivity index (χ0v) is 15.1. The van der Waals surface area contributed by atoms with Crippen LogP contribution in [0.15, 0.2) is 59.7 Å². The lowest BCUT2D eigenvalue weighted by molar-refractivity contribution is 0.441. The predicted octanol–water partition coefficient (Wildman–Crippen LogP) is 5.71. The molecule has 0 aliphatic rings. The first-order valence-corrected chi connectivity index (χ1v) is 8.50. The van der Waals surface area contributed by atoms with Gasteiger partial charge in [-0.1, -0.05) is 35.4 Å². The van der Waals surface area contributed by atoms with Gasteiger partial charge in [0.2, 0.25) is 0 Å². The molecule has 0 aromatic heterocycles. The third kappa shape index (κ3) is 5.42. The number of aromatic hydroxyl groups is 3. The second kappa shape index (κ2) is 8.43. The third-order valence-electron chi connectivity index (χ3n) is 4.13. The molecule has 0 fully saturated rings. The lowest BCUT2D eigenvalue weighted by Crippen LogP contribution is -1.88. The van der Waals surface area contributed by atoms with Crippen molar-refractivity contribution >= 4 is 0 Å². The van der Waals surface area contributed by atoms with Crippen LogP contribution in [-0.4, -0.2) is 15.3 Å². The van der Waals surface area contributed by atoms with Gasteiger partial charge in [0.25, 0.3) is 0 Å². The van der Waals surface area contributed by atoms with E-state index >= 15 is 0 Å². The number of benzene rings is 2. The van der Waals surface area contributed by atoms with Crippen molar-refractivity contribution in [2.75, 3.05) is 0 Å². The quantitative estimate of drug-likeness (QED) is 0.592. The Balaban J connectivity index is 2.16. The van der Waals surface area contributed by atoms with Crippen LogP contribution in [-0.2, 0) is 6.42 Å². The standard InChI is InChI=1S/C22H26O3/c1-15(2)6-4-7-16(3)10-11-20-21(24)13-18(14-22(20)25)17-8-5-9-19(23)12-17/h5-6,8-10,12-14,23-25H,4,7,11H2,1-3H3/b16-10+. The van der Waals surface area contributed by atoms with E-state index in [9.17, 15) is 15.3 Å². The fourth-order valence-electron chi connectivity index (χ4n) is 2.67. The van der Waals surface area contributed by atoms with Gasteiger partial charge in [-0.05, 0) is 75.4 Å². The van der Waals surface area contributed by atoms with E-state index in [4.69, 9.17) is 0 Å². The molecular formula is C22H26O3. The van der Waals surface area contributed by atoms with Crippen molar-refractivity contribution in [2.45, 2.75) is 40.0 Å². The number of rotatable bonds is 6. The Morgan fingerprint density at radius 3 is 2.16 bits per heavy atom. The van der Waals surface area contributed by atoms with E-state index in [1.54, 1.807) is 30.3 Å². The number of allylic oxidation sites excluding steroid dienone is 4. The van der Waals surface area contributed by atoms with Gasteiger partial charge in [-0.15, -0.1) is 0 Å². The molecule has 0 radical (unpaired) electrons. The molecule has 2 rings (SSSR count). The summed E-state index contributed by atoms with van der Waals surface area (Å²) in [7, 11) is 0. The Kier molecular flexibility index (Phi) is 6.29. The molecule has 0 aliphatic carbocycles. The van der Waals surface area contributed by atoms with E-state index in [1.165, 1.54) is 11.1 Å². The molecule has 0 unspecified atom stereocenters. The van der Waals surface area contributed by atoms with Crippen LogP contribution in [0.3, 0.4) is 0 Å². The van der Waals surface area contributed by atoms with E-state index < -0.39 is 0 Å². The van der Waals surface area contributed by atoms with E-state index in [0.717, 1.165) is 18.4 Å². The van der Waals surface area contributed by atoms with Crippen molar-refractivity contribution in [1.82, 2.24) is 0 Å². The highest BCUT2D eigenvalue weighted by atomic mass is 16.3. The fraction of sp³-hybridized carbons (Fsp3) is 0.273. The molecule has 0 spiro atoms. The van der Waals surface area contributed by atoms with Crippen molar-refractivity contribution in [1.29, 1.82) is 0 Å². The first-order valence-electron chi connectivity index (χ1n) is 8.50. The van der Waals surface area contributed by atoms with Crippen LogP contribution in [0.4, 0.5) is 0 Å². The fourth-order valence-corrected chi connectivity index (χ4v) is 2.67. The summed E-state index contributed by atoms with van der Waals surface area (Å²) in [4.78, 5) is 0. The molecule has 3 N–H and O–H groups in total. The number of phenolic OH excluding ortho intramolecular Hbond substituents is 3. The van der Waals surface area contributed by atoms with Gasteiger partial charge >= 0.3 is 0 Å². The van der Waals surface area contributed by atoms with Crippen LogP contribution >= 0.6 is 0 Å². The minimum Gasteiger partial charge on any atom is -0.508 e. The Morgan fingerprint density at radius 1 is 0.880 bits per heavy atom. The maximum Gasteiger partial charge on any atom is 0.123 e. The molecule has 0 atom stereocenters. The highest BCUT2D eigenvalue weighted by Crippen LogP contribution is 2.35. The molecule has 2 aromatic rings. The normalized spacial score (nSPS) is 11.4. The lowest BCUT2D eigenvalue weighted by atomic mass is 9.99. The summed E-state index contributed by atoms with van der Waals surface area (Å²) in [6.07, 6.45) is 6.70. The minimum atomic E-state index is 0.0618. The van der Waals surface area contributed by atoms with Crippen molar-refractivity contribution in [3.05, 3.63) is 65.3 Å². The average molecular weight is 338 g/mol. The Morgan fingerprint density at radius 2 is 1.56 bits per heavy atom. The molecule has 132 valence electrons. The van der Waals surface area contributed by atoms with Crippen LogP contribution in [0.5, 0.6) is 17.2 Å². The van der Waals surface area contributed by atoms with Crippen molar-refractivity contribution in [3.63, 3.8) is 0 Å². The Labute approximate surface area is 149 Å². The van der Waals surface area contributed by atoms with Crippen molar-refractivity contribution in [2.24, 2.45) is 0 Å². The summed E-state index contributed by atoms with van der Waals surface area (Å²) in [6, 6.07) is 9.97. The van der Waals surface area contributed by atoms with Gasteiger partial charge in [-0.2, -0.15) is 0 Å². The molecular weight excluding hydrogens is 312 g/mol. The molecule has 0 heterocycles. The second-order valence-corrected chi connectivity index (χ2v) is 6.62. The van der Waals surface area contributed by atoms with Gasteiger partial charge in [0.15, 0.2) is 0 Å². The topological polar surface area (TPSA) is 60.7 Å². The van der Waals surface area contributed by atoms with E-state index in [2.05, 4.69) is 26.8 Å². The summed E-state index contributed by atoms with van der Waals surface area (Å²) in [6.45, 7) is 6.24. The molecule has 0 amide bonds. The predicted molar refractivity (Wildman–Crippen MR) is 103 cm³/mol. The number of hydrogen-bond acceptors (Lipinski definition) is 3. The van der Waals surface area contributed by atoms with Gasteiger partial charge in [-0.3, -0.25) is 0 Å². The van der Waals surface area contributed by atoms with Gasteiger partial charge in [0.05, 0.1) is 0 Å². The zero-order chi connectivity index (χ0) is 18.4. The third-order valence-corrected chi connectivity index (χ3v) is 4.13. The van der Waals surface area contributed by atoms with E-state index in [-0.39, 0.29) is 17.2 Å². The molecule has 0 bridgehead atoms. The van der Waals surface area contributed by atoms with Gasteiger partial charge in [-0.25, -0.2) is 0 Å². The molecule has 0 saturated carbocycles. The maximum absolute atomic E-state index is 10.3. The highest BCUT2D eigenvalue weighted by Gasteiger charge is 2.10.